The van der Waals surface area contributed by atoms with Crippen LogP contribution < -0.4 is 11.3 Å². The molecule has 2 aromatic rings. The Morgan fingerprint density at radius 1 is 1.26 bits per heavy atom. The zero-order chi connectivity index (χ0) is 13.2. The lowest BCUT2D eigenvalue weighted by Gasteiger charge is -2.07. The molecule has 1 fully saturated rings. The number of nitrogens with zero attached hydrogens (tertiary/aromatic N) is 2. The van der Waals surface area contributed by atoms with Crippen LogP contribution in [-0.4, -0.2) is 9.97 Å². The molecule has 0 aliphatic heterocycles. The maximum absolute atomic E-state index is 5.98. The van der Waals surface area contributed by atoms with E-state index in [4.69, 9.17) is 17.4 Å². The molecule has 3 N–H and O–H groups in total. The Morgan fingerprint density at radius 3 is 2.79 bits per heavy atom. The summed E-state index contributed by atoms with van der Waals surface area (Å²) < 4.78 is 0. The normalized spacial score (nSPS) is 14.4. The van der Waals surface area contributed by atoms with Gasteiger partial charge in [-0.25, -0.2) is 15.8 Å². The van der Waals surface area contributed by atoms with E-state index >= 15 is 0 Å². The molecule has 19 heavy (non-hydrogen) atoms. The molecule has 1 heterocycles. The van der Waals surface area contributed by atoms with Crippen molar-refractivity contribution in [1.82, 2.24) is 9.97 Å². The number of aromatic nitrogens is 2. The van der Waals surface area contributed by atoms with Crippen LogP contribution in [0.2, 0.25) is 5.02 Å². The zero-order valence-electron chi connectivity index (χ0n) is 10.1. The minimum atomic E-state index is 0.493. The van der Waals surface area contributed by atoms with Gasteiger partial charge in [-0.15, -0.1) is 0 Å². The first-order valence-corrected chi connectivity index (χ1v) is 7.23. The molecule has 98 valence electrons. The number of hydrazine groups is 1. The average molecular weight is 293 g/mol. The molecular weight excluding hydrogens is 280 g/mol. The first kappa shape index (κ1) is 12.7. The van der Waals surface area contributed by atoms with Gasteiger partial charge < -0.3 is 5.43 Å². The van der Waals surface area contributed by atoms with Gasteiger partial charge in [0, 0.05) is 21.9 Å². The van der Waals surface area contributed by atoms with Crippen molar-refractivity contribution in [2.45, 2.75) is 28.7 Å². The lowest BCUT2D eigenvalue weighted by atomic mass is 10.4. The molecule has 4 nitrogen and oxygen atoms in total. The molecular formula is C13H13ClN4S. The number of nitrogens with two attached hydrogens (primary N) is 1. The van der Waals surface area contributed by atoms with E-state index in [1.54, 1.807) is 11.8 Å². The van der Waals surface area contributed by atoms with E-state index in [9.17, 15) is 0 Å². The topological polar surface area (TPSA) is 63.8 Å². The molecule has 1 aliphatic rings. The first-order chi connectivity index (χ1) is 9.24. The summed E-state index contributed by atoms with van der Waals surface area (Å²) in [6, 6.07) is 9.55. The predicted octanol–water partition coefficient (Wildman–Crippen LogP) is 3.44. The lowest BCUT2D eigenvalue weighted by molar-refractivity contribution is 0.878. The molecule has 3 rings (SSSR count). The van der Waals surface area contributed by atoms with E-state index in [1.807, 2.05) is 30.3 Å². The number of halogens is 1. The van der Waals surface area contributed by atoms with E-state index in [2.05, 4.69) is 15.4 Å². The molecule has 0 atom stereocenters. The van der Waals surface area contributed by atoms with Crippen molar-refractivity contribution in [3.63, 3.8) is 0 Å². The van der Waals surface area contributed by atoms with E-state index in [1.165, 1.54) is 0 Å². The molecule has 0 spiro atoms. The van der Waals surface area contributed by atoms with E-state index in [-0.39, 0.29) is 0 Å². The van der Waals surface area contributed by atoms with E-state index in [0.717, 1.165) is 33.6 Å². The molecule has 0 radical (unpaired) electrons. The van der Waals surface area contributed by atoms with Crippen molar-refractivity contribution in [3.05, 3.63) is 41.2 Å². The smallest absolute Gasteiger partial charge is 0.144 e. The minimum Gasteiger partial charge on any atom is -0.308 e. The SMILES string of the molecule is NNc1cc(Sc2cccc(Cl)c2)nc(C2CC2)n1. The highest BCUT2D eigenvalue weighted by atomic mass is 35.5. The number of rotatable bonds is 4. The number of nitrogens with one attached hydrogen (secondary N) is 1. The molecule has 0 unspecified atom stereocenters. The average Bonchev–Trinajstić information content (AvgIpc) is 3.22. The monoisotopic (exact) mass is 292 g/mol. The minimum absolute atomic E-state index is 0.493. The summed E-state index contributed by atoms with van der Waals surface area (Å²) in [6.45, 7) is 0. The summed E-state index contributed by atoms with van der Waals surface area (Å²) >= 11 is 7.54. The summed E-state index contributed by atoms with van der Waals surface area (Å²) in [6.07, 6.45) is 2.32. The van der Waals surface area contributed by atoms with Crippen LogP contribution >= 0.6 is 23.4 Å². The lowest BCUT2D eigenvalue weighted by Crippen LogP contribution is -2.10. The zero-order valence-corrected chi connectivity index (χ0v) is 11.7. The van der Waals surface area contributed by atoms with Crippen LogP contribution in [-0.2, 0) is 0 Å². The molecule has 0 amide bonds. The van der Waals surface area contributed by atoms with Crippen molar-refractivity contribution in [3.8, 4) is 0 Å². The van der Waals surface area contributed by atoms with Gasteiger partial charge in [0.25, 0.3) is 0 Å². The van der Waals surface area contributed by atoms with Crippen molar-refractivity contribution in [2.24, 2.45) is 5.84 Å². The summed E-state index contributed by atoms with van der Waals surface area (Å²) in [4.78, 5) is 10.0. The van der Waals surface area contributed by atoms with Crippen molar-refractivity contribution >= 4 is 29.2 Å². The highest BCUT2D eigenvalue weighted by Crippen LogP contribution is 2.39. The number of benzene rings is 1. The van der Waals surface area contributed by atoms with Crippen molar-refractivity contribution in [2.75, 3.05) is 5.43 Å². The van der Waals surface area contributed by atoms with Crippen LogP contribution in [0.5, 0.6) is 0 Å². The van der Waals surface area contributed by atoms with Crippen LogP contribution in [0, 0.1) is 0 Å². The highest BCUT2D eigenvalue weighted by molar-refractivity contribution is 7.99. The predicted molar refractivity (Wildman–Crippen MR) is 77.4 cm³/mol. The fourth-order valence-electron chi connectivity index (χ4n) is 1.74. The van der Waals surface area contributed by atoms with E-state index < -0.39 is 0 Å². The Morgan fingerprint density at radius 2 is 2.11 bits per heavy atom. The second-order valence-electron chi connectivity index (χ2n) is 4.43. The third-order valence-electron chi connectivity index (χ3n) is 2.83. The molecule has 0 saturated heterocycles. The summed E-state index contributed by atoms with van der Waals surface area (Å²) in [7, 11) is 0. The summed E-state index contributed by atoms with van der Waals surface area (Å²) in [5, 5.41) is 1.60. The molecule has 1 aromatic carbocycles. The second kappa shape index (κ2) is 5.36. The number of hydrogen-bond acceptors (Lipinski definition) is 5. The molecule has 6 heteroatoms. The van der Waals surface area contributed by atoms with Gasteiger partial charge in [-0.3, -0.25) is 0 Å². The van der Waals surface area contributed by atoms with Gasteiger partial charge in [-0.05, 0) is 31.0 Å². The van der Waals surface area contributed by atoms with Gasteiger partial charge in [-0.1, -0.05) is 29.4 Å². The van der Waals surface area contributed by atoms with Crippen LogP contribution in [0.15, 0.2) is 40.3 Å². The number of nitrogen functional groups attached to an aromatic ring is 1. The van der Waals surface area contributed by atoms with Crippen LogP contribution in [0.3, 0.4) is 0 Å². The molecule has 1 saturated carbocycles. The quantitative estimate of drug-likeness (QED) is 0.513. The largest absolute Gasteiger partial charge is 0.308 e. The standard InChI is InChI=1S/C13H13ClN4S/c14-9-2-1-3-10(6-9)19-12-7-11(18-15)16-13(17-12)8-4-5-8/h1-3,6-8H,4-5,15H2,(H,16,17,18). The summed E-state index contributed by atoms with van der Waals surface area (Å²) in [5.74, 6) is 7.48. The Hall–Kier alpha value is -1.30. The summed E-state index contributed by atoms with van der Waals surface area (Å²) in [5.41, 5.74) is 2.60. The third-order valence-corrected chi connectivity index (χ3v) is 3.97. The Bertz CT molecular complexity index is 601. The van der Waals surface area contributed by atoms with Gasteiger partial charge in [0.05, 0.1) is 0 Å². The van der Waals surface area contributed by atoms with Gasteiger partial charge in [0.2, 0.25) is 0 Å². The fourth-order valence-corrected chi connectivity index (χ4v) is 2.88. The molecule has 1 aromatic heterocycles. The van der Waals surface area contributed by atoms with Crippen LogP contribution in [0.4, 0.5) is 5.82 Å². The van der Waals surface area contributed by atoms with Crippen LogP contribution in [0.25, 0.3) is 0 Å². The third kappa shape index (κ3) is 3.18. The Balaban J connectivity index is 1.89. The Kier molecular flexibility index (Phi) is 3.59. The Labute approximate surface area is 120 Å². The number of anilines is 1. The second-order valence-corrected chi connectivity index (χ2v) is 5.96. The van der Waals surface area contributed by atoms with Crippen LogP contribution in [0.1, 0.15) is 24.6 Å². The molecule has 1 aliphatic carbocycles. The van der Waals surface area contributed by atoms with E-state index in [0.29, 0.717) is 11.7 Å². The maximum atomic E-state index is 5.98. The van der Waals surface area contributed by atoms with Crippen molar-refractivity contribution in [1.29, 1.82) is 0 Å². The number of hydrogen-bond donors (Lipinski definition) is 2. The van der Waals surface area contributed by atoms with Gasteiger partial charge in [0.1, 0.15) is 16.7 Å². The highest BCUT2D eigenvalue weighted by Gasteiger charge is 2.27. The fraction of sp³-hybridized carbons (Fsp3) is 0.231. The van der Waals surface area contributed by atoms with Gasteiger partial charge in [-0.2, -0.15) is 0 Å². The first-order valence-electron chi connectivity index (χ1n) is 6.03. The van der Waals surface area contributed by atoms with Gasteiger partial charge >= 0.3 is 0 Å². The van der Waals surface area contributed by atoms with Crippen molar-refractivity contribution < 1.29 is 0 Å². The maximum Gasteiger partial charge on any atom is 0.144 e. The molecule has 0 bridgehead atoms. The van der Waals surface area contributed by atoms with Gasteiger partial charge in [0.15, 0.2) is 0 Å².